The zero-order valence-electron chi connectivity index (χ0n) is 24.9. The van der Waals surface area contributed by atoms with Gasteiger partial charge in [0.1, 0.15) is 73.7 Å². The Morgan fingerprint density at radius 2 is 1.22 bits per heavy atom. The van der Waals surface area contributed by atoms with Crippen LogP contribution in [0.4, 0.5) is 29.7 Å². The highest BCUT2D eigenvalue weighted by molar-refractivity contribution is 5.85. The minimum absolute atomic E-state index is 0.0201. The van der Waals surface area contributed by atoms with Crippen molar-refractivity contribution >= 4 is 23.6 Å². The summed E-state index contributed by atoms with van der Waals surface area (Å²) in [7, 11) is 0. The summed E-state index contributed by atoms with van der Waals surface area (Å²) in [6.45, 7) is 2.46. The van der Waals surface area contributed by atoms with Gasteiger partial charge < -0.3 is 49.2 Å². The minimum atomic E-state index is -1.90. The Kier molecular flexibility index (Phi) is 12.2. The number of ether oxygens (including phenoxy) is 5. The van der Waals surface area contributed by atoms with E-state index in [0.717, 1.165) is 12.1 Å². The topological polar surface area (TPSA) is 206 Å². The van der Waals surface area contributed by atoms with E-state index in [4.69, 9.17) is 23.7 Å². The Hall–Kier alpha value is -3.48. The standard InChI is InChI=1S/C30H38F2N2O12/c1-14(2)11-19-22(35)25(38)27(21(44-19)13-43-30(41)34-18-10-6-4-8-16(18)32)46-28-26(39)24(37)23(36)20(45-28)12-42-29(40)33-17-9-5-3-7-15(17)31/h3-10,14,19-28,35-39H,11-13H2,1-2H3,(H,33,40)(H,34,41)/t19-,20+,21+,22-,23+,24-,25+,26+,27?,28-/m0/s1. The van der Waals surface area contributed by atoms with Crippen molar-refractivity contribution in [2.75, 3.05) is 23.8 Å². The molecule has 46 heavy (non-hydrogen) atoms. The largest absolute Gasteiger partial charge is 0.446 e. The Bertz CT molecular complexity index is 1320. The third-order valence-corrected chi connectivity index (χ3v) is 7.43. The molecule has 0 bridgehead atoms. The van der Waals surface area contributed by atoms with Crippen molar-refractivity contribution < 1.29 is 67.6 Å². The van der Waals surface area contributed by atoms with Crippen molar-refractivity contribution in [1.29, 1.82) is 0 Å². The summed E-state index contributed by atoms with van der Waals surface area (Å²) < 4.78 is 55.3. The number of rotatable bonds is 10. The molecule has 14 nitrogen and oxygen atoms in total. The summed E-state index contributed by atoms with van der Waals surface area (Å²) >= 11 is 0. The fourth-order valence-electron chi connectivity index (χ4n) is 5.03. The van der Waals surface area contributed by atoms with Gasteiger partial charge in [-0.2, -0.15) is 0 Å². The molecule has 4 rings (SSSR count). The number of carbonyl (C=O) groups excluding carboxylic acids is 2. The van der Waals surface area contributed by atoms with Gasteiger partial charge >= 0.3 is 12.2 Å². The van der Waals surface area contributed by atoms with E-state index in [-0.39, 0.29) is 17.3 Å². The zero-order chi connectivity index (χ0) is 33.5. The van der Waals surface area contributed by atoms with Crippen LogP contribution in [0.3, 0.4) is 0 Å². The Labute approximate surface area is 262 Å². The van der Waals surface area contributed by atoms with Crippen LogP contribution in [0.5, 0.6) is 0 Å². The quantitative estimate of drug-likeness (QED) is 0.194. The number of hydrogen-bond acceptors (Lipinski definition) is 12. The van der Waals surface area contributed by atoms with Gasteiger partial charge in [-0.05, 0) is 36.6 Å². The number of hydrogen-bond donors (Lipinski definition) is 7. The molecule has 2 aromatic carbocycles. The lowest BCUT2D eigenvalue weighted by Gasteiger charge is -2.46. The molecule has 10 atom stereocenters. The molecule has 0 spiro atoms. The van der Waals surface area contributed by atoms with Crippen molar-refractivity contribution in [1.82, 2.24) is 0 Å². The molecule has 16 heteroatoms. The summed E-state index contributed by atoms with van der Waals surface area (Å²) in [5.41, 5.74) is -0.328. The van der Waals surface area contributed by atoms with E-state index in [9.17, 15) is 43.9 Å². The van der Waals surface area contributed by atoms with Gasteiger partial charge in [-0.15, -0.1) is 0 Å². The lowest BCUT2D eigenvalue weighted by atomic mass is 9.90. The van der Waals surface area contributed by atoms with Gasteiger partial charge in [0, 0.05) is 0 Å². The van der Waals surface area contributed by atoms with Crippen LogP contribution in [0, 0.1) is 17.6 Å². The summed E-state index contributed by atoms with van der Waals surface area (Å²) in [5, 5.41) is 57.9. The number of aliphatic hydroxyl groups excluding tert-OH is 5. The molecule has 0 aromatic heterocycles. The maximum Gasteiger partial charge on any atom is 0.411 e. The predicted molar refractivity (Wildman–Crippen MR) is 154 cm³/mol. The second-order valence-electron chi connectivity index (χ2n) is 11.3. The Morgan fingerprint density at radius 3 is 1.74 bits per heavy atom. The molecule has 0 saturated carbocycles. The number of halogens is 2. The molecular formula is C30H38F2N2O12. The molecule has 2 fully saturated rings. The number of para-hydroxylation sites is 2. The van der Waals surface area contributed by atoms with Crippen LogP contribution in [0.25, 0.3) is 0 Å². The molecule has 0 aliphatic carbocycles. The highest BCUT2D eigenvalue weighted by atomic mass is 19.1. The predicted octanol–water partition coefficient (Wildman–Crippen LogP) is 1.49. The van der Waals surface area contributed by atoms with Crippen LogP contribution in [-0.4, -0.2) is 112 Å². The molecule has 7 N–H and O–H groups in total. The number of benzene rings is 2. The SMILES string of the molecule is CC(C)C[C@@H]1O[C@H](COC(=O)Nc2ccccc2F)C(O[C@@H]2O[C@H](COC(=O)Nc3ccccc3F)[C@@H](O)[C@H](O)[C@H]2O)[C@H](O)[C@H]1O. The second kappa shape index (κ2) is 15.9. The van der Waals surface area contributed by atoms with E-state index in [1.54, 1.807) is 0 Å². The first-order valence-corrected chi connectivity index (χ1v) is 14.6. The molecule has 2 heterocycles. The first-order valence-electron chi connectivity index (χ1n) is 14.6. The van der Waals surface area contributed by atoms with Crippen LogP contribution >= 0.6 is 0 Å². The van der Waals surface area contributed by atoms with E-state index in [2.05, 4.69) is 10.6 Å². The average Bonchev–Trinajstić information content (AvgIpc) is 3.01. The lowest BCUT2D eigenvalue weighted by molar-refractivity contribution is -0.342. The molecule has 2 aromatic rings. The van der Waals surface area contributed by atoms with Crippen LogP contribution in [0.2, 0.25) is 0 Å². The summed E-state index contributed by atoms with van der Waals surface area (Å²) in [5.74, 6) is -1.42. The van der Waals surface area contributed by atoms with Crippen LogP contribution < -0.4 is 10.6 Å². The fourth-order valence-corrected chi connectivity index (χ4v) is 5.03. The van der Waals surface area contributed by atoms with Gasteiger partial charge in [0.15, 0.2) is 6.29 Å². The maximum absolute atomic E-state index is 14.0. The van der Waals surface area contributed by atoms with Gasteiger partial charge in [0.2, 0.25) is 0 Å². The normalized spacial score (nSPS) is 31.3. The number of aliphatic hydroxyl groups is 5. The van der Waals surface area contributed by atoms with Gasteiger partial charge in [0.05, 0.1) is 17.5 Å². The minimum Gasteiger partial charge on any atom is -0.446 e. The third kappa shape index (κ3) is 8.86. The third-order valence-electron chi connectivity index (χ3n) is 7.43. The fraction of sp³-hybridized carbons (Fsp3) is 0.533. The molecule has 254 valence electrons. The van der Waals surface area contributed by atoms with E-state index in [1.807, 2.05) is 13.8 Å². The van der Waals surface area contributed by atoms with E-state index in [0.29, 0.717) is 6.42 Å². The summed E-state index contributed by atoms with van der Waals surface area (Å²) in [4.78, 5) is 24.7. The first kappa shape index (κ1) is 35.4. The summed E-state index contributed by atoms with van der Waals surface area (Å²) in [6, 6.07) is 10.7. The van der Waals surface area contributed by atoms with Crippen molar-refractivity contribution in [2.24, 2.45) is 5.92 Å². The van der Waals surface area contributed by atoms with Crippen LogP contribution in [0.1, 0.15) is 20.3 Å². The highest BCUT2D eigenvalue weighted by Crippen LogP contribution is 2.31. The maximum atomic E-state index is 14.0. The number of anilines is 2. The molecule has 1 unspecified atom stereocenters. The average molecular weight is 657 g/mol. The van der Waals surface area contributed by atoms with E-state index < -0.39 is 98.3 Å². The first-order chi connectivity index (χ1) is 21.8. The molecule has 2 aliphatic rings. The Balaban J connectivity index is 1.44. The molecule has 2 amide bonds. The van der Waals surface area contributed by atoms with Gasteiger partial charge in [-0.3, -0.25) is 10.6 Å². The van der Waals surface area contributed by atoms with Gasteiger partial charge in [-0.25, -0.2) is 18.4 Å². The van der Waals surface area contributed by atoms with E-state index in [1.165, 1.54) is 36.4 Å². The van der Waals surface area contributed by atoms with Crippen LogP contribution in [-0.2, 0) is 23.7 Å². The molecular weight excluding hydrogens is 618 g/mol. The van der Waals surface area contributed by atoms with Gasteiger partial charge in [0.25, 0.3) is 0 Å². The van der Waals surface area contributed by atoms with E-state index >= 15 is 0 Å². The lowest BCUT2D eigenvalue weighted by Crippen LogP contribution is -2.64. The summed E-state index contributed by atoms with van der Waals surface area (Å²) in [6.07, 6.45) is -17.6. The van der Waals surface area contributed by atoms with Crippen LogP contribution in [0.15, 0.2) is 48.5 Å². The number of carbonyl (C=O) groups is 2. The molecule has 2 saturated heterocycles. The molecule has 0 radical (unpaired) electrons. The zero-order valence-corrected chi connectivity index (χ0v) is 24.9. The number of amides is 2. The second-order valence-corrected chi connectivity index (χ2v) is 11.3. The van der Waals surface area contributed by atoms with Crippen molar-refractivity contribution in [3.8, 4) is 0 Å². The van der Waals surface area contributed by atoms with Crippen molar-refractivity contribution in [3.05, 3.63) is 60.2 Å². The highest BCUT2D eigenvalue weighted by Gasteiger charge is 2.51. The smallest absolute Gasteiger partial charge is 0.411 e. The Morgan fingerprint density at radius 1 is 0.717 bits per heavy atom. The molecule has 2 aliphatic heterocycles. The van der Waals surface area contributed by atoms with Crippen molar-refractivity contribution in [3.63, 3.8) is 0 Å². The number of nitrogens with one attached hydrogen (secondary N) is 2. The van der Waals surface area contributed by atoms with Crippen molar-refractivity contribution in [2.45, 2.75) is 81.5 Å². The monoisotopic (exact) mass is 656 g/mol. The van der Waals surface area contributed by atoms with Gasteiger partial charge in [-0.1, -0.05) is 38.1 Å².